The van der Waals surface area contributed by atoms with Crippen LogP contribution in [-0.2, 0) is 0 Å². The molecule has 17 heavy (non-hydrogen) atoms. The van der Waals surface area contributed by atoms with E-state index in [4.69, 9.17) is 0 Å². The molecular weight excluding hydrogens is 210 g/mol. The molecule has 2 rings (SSSR count). The monoisotopic (exact) mass is 231 g/mol. The lowest BCUT2D eigenvalue weighted by molar-refractivity contribution is 0.101. The highest BCUT2D eigenvalue weighted by atomic mass is 16.1. The van der Waals surface area contributed by atoms with Gasteiger partial charge in [-0.05, 0) is 56.9 Å². The predicted molar refractivity (Wildman–Crippen MR) is 71.7 cm³/mol. The van der Waals surface area contributed by atoms with Crippen LogP contribution >= 0.6 is 0 Å². The maximum atomic E-state index is 11.2. The molecule has 1 aliphatic rings. The van der Waals surface area contributed by atoms with Crippen LogP contribution in [0.25, 0.3) is 0 Å². The Morgan fingerprint density at radius 2 is 1.88 bits per heavy atom. The molecule has 0 N–H and O–H groups in total. The van der Waals surface area contributed by atoms with Gasteiger partial charge in [0, 0.05) is 23.8 Å². The number of anilines is 1. The summed E-state index contributed by atoms with van der Waals surface area (Å²) in [4.78, 5) is 13.7. The van der Waals surface area contributed by atoms with E-state index in [9.17, 15) is 4.79 Å². The molecule has 2 atom stereocenters. The average Bonchev–Trinajstić information content (AvgIpc) is 2.29. The van der Waals surface area contributed by atoms with Crippen molar-refractivity contribution < 1.29 is 4.79 Å². The van der Waals surface area contributed by atoms with Crippen LogP contribution in [0.15, 0.2) is 24.3 Å². The van der Waals surface area contributed by atoms with E-state index in [2.05, 4.69) is 30.9 Å². The normalized spacial score (nSPS) is 24.8. The minimum atomic E-state index is 0.136. The molecule has 92 valence electrons. The topological polar surface area (TPSA) is 20.3 Å². The fourth-order valence-electron chi connectivity index (χ4n) is 2.68. The van der Waals surface area contributed by atoms with Gasteiger partial charge in [-0.1, -0.05) is 6.92 Å². The molecule has 0 aliphatic carbocycles. The first-order valence-electron chi connectivity index (χ1n) is 6.45. The molecule has 1 heterocycles. The van der Waals surface area contributed by atoms with E-state index in [1.54, 1.807) is 6.92 Å². The Bertz CT molecular complexity index is 396. The number of carbonyl (C=O) groups is 1. The third kappa shape index (κ3) is 2.68. The van der Waals surface area contributed by atoms with Gasteiger partial charge >= 0.3 is 0 Å². The second kappa shape index (κ2) is 4.91. The second-order valence-electron chi connectivity index (χ2n) is 5.28. The molecule has 0 amide bonds. The first kappa shape index (κ1) is 12.2. The number of hydrogen-bond donors (Lipinski definition) is 0. The number of hydrogen-bond acceptors (Lipinski definition) is 2. The summed E-state index contributed by atoms with van der Waals surface area (Å²) >= 11 is 0. The molecule has 2 unspecified atom stereocenters. The number of carbonyl (C=O) groups excluding carboxylic acids is 1. The number of rotatable bonds is 2. The lowest BCUT2D eigenvalue weighted by Gasteiger charge is -2.38. The smallest absolute Gasteiger partial charge is 0.159 e. The summed E-state index contributed by atoms with van der Waals surface area (Å²) in [5, 5.41) is 0. The van der Waals surface area contributed by atoms with Crippen LogP contribution in [0.4, 0.5) is 5.69 Å². The van der Waals surface area contributed by atoms with Crippen molar-refractivity contribution in [2.24, 2.45) is 5.92 Å². The Balaban J connectivity index is 2.14. The van der Waals surface area contributed by atoms with E-state index in [-0.39, 0.29) is 5.78 Å². The summed E-state index contributed by atoms with van der Waals surface area (Å²) in [5.74, 6) is 0.967. The first-order valence-corrected chi connectivity index (χ1v) is 6.45. The van der Waals surface area contributed by atoms with Crippen molar-refractivity contribution in [2.75, 3.05) is 11.4 Å². The molecule has 2 heteroatoms. The van der Waals surface area contributed by atoms with Crippen molar-refractivity contribution in [1.82, 2.24) is 0 Å². The molecular formula is C15H21NO. The molecule has 0 bridgehead atoms. The third-order valence-electron chi connectivity index (χ3n) is 3.74. The van der Waals surface area contributed by atoms with Crippen LogP contribution < -0.4 is 4.90 Å². The summed E-state index contributed by atoms with van der Waals surface area (Å²) in [5.41, 5.74) is 2.04. The average molecular weight is 231 g/mol. The van der Waals surface area contributed by atoms with Crippen LogP contribution in [0, 0.1) is 5.92 Å². The van der Waals surface area contributed by atoms with E-state index in [1.807, 2.05) is 12.1 Å². The Kier molecular flexibility index (Phi) is 3.51. The number of piperidine rings is 1. The molecule has 1 aliphatic heterocycles. The number of benzene rings is 1. The first-order chi connectivity index (χ1) is 8.08. The van der Waals surface area contributed by atoms with Gasteiger partial charge in [0.25, 0.3) is 0 Å². The van der Waals surface area contributed by atoms with Gasteiger partial charge in [0.2, 0.25) is 0 Å². The van der Waals surface area contributed by atoms with Crippen LogP contribution in [0.2, 0.25) is 0 Å². The zero-order chi connectivity index (χ0) is 12.4. The van der Waals surface area contributed by atoms with Crippen LogP contribution in [0.3, 0.4) is 0 Å². The number of ketones is 1. The lowest BCUT2D eigenvalue weighted by atomic mass is 9.93. The van der Waals surface area contributed by atoms with Gasteiger partial charge in [0.1, 0.15) is 0 Å². The highest BCUT2D eigenvalue weighted by Crippen LogP contribution is 2.27. The lowest BCUT2D eigenvalue weighted by Crippen LogP contribution is -2.40. The quantitative estimate of drug-likeness (QED) is 0.726. The van der Waals surface area contributed by atoms with Crippen molar-refractivity contribution >= 4 is 11.5 Å². The predicted octanol–water partition coefficient (Wildman–Crippen LogP) is 3.51. The van der Waals surface area contributed by atoms with Gasteiger partial charge in [0.15, 0.2) is 5.78 Å². The summed E-state index contributed by atoms with van der Waals surface area (Å²) in [6.07, 6.45) is 2.52. The van der Waals surface area contributed by atoms with Gasteiger partial charge in [0.05, 0.1) is 0 Å². The van der Waals surface area contributed by atoms with E-state index in [0.717, 1.165) is 18.0 Å². The van der Waals surface area contributed by atoms with Crippen molar-refractivity contribution in [3.8, 4) is 0 Å². The van der Waals surface area contributed by atoms with Crippen molar-refractivity contribution in [3.63, 3.8) is 0 Å². The molecule has 0 radical (unpaired) electrons. The molecule has 1 fully saturated rings. The molecule has 1 saturated heterocycles. The van der Waals surface area contributed by atoms with Gasteiger partial charge in [-0.25, -0.2) is 0 Å². The minimum Gasteiger partial charge on any atom is -0.369 e. The number of nitrogens with zero attached hydrogens (tertiary/aromatic N) is 1. The van der Waals surface area contributed by atoms with Gasteiger partial charge in [-0.2, -0.15) is 0 Å². The fourth-order valence-corrected chi connectivity index (χ4v) is 2.68. The largest absolute Gasteiger partial charge is 0.369 e. The van der Waals surface area contributed by atoms with Gasteiger partial charge in [-0.15, -0.1) is 0 Å². The molecule has 1 aromatic carbocycles. The molecule has 0 saturated carbocycles. The van der Waals surface area contributed by atoms with E-state index in [1.165, 1.54) is 18.5 Å². The SMILES string of the molecule is CC(=O)c1ccc(N2CCC(C)CC2C)cc1. The van der Waals surface area contributed by atoms with Crippen LogP contribution in [0.1, 0.15) is 44.0 Å². The van der Waals surface area contributed by atoms with Crippen molar-refractivity contribution in [2.45, 2.75) is 39.7 Å². The Hall–Kier alpha value is -1.31. The van der Waals surface area contributed by atoms with E-state index >= 15 is 0 Å². The summed E-state index contributed by atoms with van der Waals surface area (Å²) in [6.45, 7) is 7.35. The maximum absolute atomic E-state index is 11.2. The van der Waals surface area contributed by atoms with Gasteiger partial charge in [-0.3, -0.25) is 4.79 Å². The van der Waals surface area contributed by atoms with Gasteiger partial charge < -0.3 is 4.90 Å². The standard InChI is InChI=1S/C15H21NO/c1-11-8-9-16(12(2)10-11)15-6-4-14(5-7-15)13(3)17/h4-7,11-12H,8-10H2,1-3H3. The molecule has 0 spiro atoms. The van der Waals surface area contributed by atoms with Crippen LogP contribution in [-0.4, -0.2) is 18.4 Å². The third-order valence-corrected chi connectivity index (χ3v) is 3.74. The Morgan fingerprint density at radius 3 is 2.41 bits per heavy atom. The highest BCUT2D eigenvalue weighted by molar-refractivity contribution is 5.94. The zero-order valence-electron chi connectivity index (χ0n) is 10.9. The highest BCUT2D eigenvalue weighted by Gasteiger charge is 2.22. The molecule has 0 aromatic heterocycles. The summed E-state index contributed by atoms with van der Waals surface area (Å²) in [6, 6.07) is 8.61. The maximum Gasteiger partial charge on any atom is 0.159 e. The number of Topliss-reactive ketones (excluding diaryl/α,β-unsaturated/α-hetero) is 1. The Morgan fingerprint density at radius 1 is 1.24 bits per heavy atom. The zero-order valence-corrected chi connectivity index (χ0v) is 10.9. The Labute approximate surface area is 104 Å². The van der Waals surface area contributed by atoms with E-state index < -0.39 is 0 Å². The van der Waals surface area contributed by atoms with Crippen molar-refractivity contribution in [1.29, 1.82) is 0 Å². The van der Waals surface area contributed by atoms with Crippen LogP contribution in [0.5, 0.6) is 0 Å². The molecule has 2 nitrogen and oxygen atoms in total. The van der Waals surface area contributed by atoms with Crippen molar-refractivity contribution in [3.05, 3.63) is 29.8 Å². The summed E-state index contributed by atoms with van der Waals surface area (Å²) < 4.78 is 0. The second-order valence-corrected chi connectivity index (χ2v) is 5.28. The molecule has 1 aromatic rings. The van der Waals surface area contributed by atoms with E-state index in [0.29, 0.717) is 6.04 Å². The fraction of sp³-hybridized carbons (Fsp3) is 0.533. The summed E-state index contributed by atoms with van der Waals surface area (Å²) in [7, 11) is 0. The minimum absolute atomic E-state index is 0.136.